The van der Waals surface area contributed by atoms with Crippen LogP contribution < -0.4 is 5.73 Å². The van der Waals surface area contributed by atoms with Crippen molar-refractivity contribution in [3.63, 3.8) is 0 Å². The third kappa shape index (κ3) is 3.25. The van der Waals surface area contributed by atoms with Gasteiger partial charge in [-0.1, -0.05) is 6.92 Å². The largest absolute Gasteiger partial charge is 0.338 e. The minimum Gasteiger partial charge on any atom is -0.338 e. The van der Waals surface area contributed by atoms with Gasteiger partial charge < -0.3 is 10.6 Å². The lowest BCUT2D eigenvalue weighted by Gasteiger charge is -2.29. The van der Waals surface area contributed by atoms with E-state index in [2.05, 4.69) is 13.8 Å². The summed E-state index contributed by atoms with van der Waals surface area (Å²) in [6.07, 6.45) is 2.86. The summed E-state index contributed by atoms with van der Waals surface area (Å²) >= 11 is 1.64. The minimum absolute atomic E-state index is 0. The maximum atomic E-state index is 12.3. The highest BCUT2D eigenvalue weighted by Crippen LogP contribution is 2.24. The van der Waals surface area contributed by atoms with Crippen LogP contribution in [0.4, 0.5) is 0 Å². The first kappa shape index (κ1) is 15.5. The van der Waals surface area contributed by atoms with Crippen LogP contribution in [0.15, 0.2) is 6.07 Å². The number of hydrogen-bond donors (Lipinski definition) is 1. The van der Waals surface area contributed by atoms with Crippen molar-refractivity contribution in [3.8, 4) is 0 Å². The van der Waals surface area contributed by atoms with Gasteiger partial charge in [-0.15, -0.1) is 23.7 Å². The van der Waals surface area contributed by atoms with E-state index in [0.29, 0.717) is 0 Å². The molecule has 1 aromatic rings. The Balaban J connectivity index is 0.00000162. The Morgan fingerprint density at radius 1 is 1.50 bits per heavy atom. The van der Waals surface area contributed by atoms with Crippen LogP contribution in [0.2, 0.25) is 0 Å². The van der Waals surface area contributed by atoms with Crippen LogP contribution >= 0.6 is 23.7 Å². The van der Waals surface area contributed by atoms with E-state index in [4.69, 9.17) is 5.73 Å². The van der Waals surface area contributed by atoms with Crippen molar-refractivity contribution in [2.45, 2.75) is 39.2 Å². The Kier molecular flexibility index (Phi) is 5.63. The normalized spacial score (nSPS) is 16.5. The van der Waals surface area contributed by atoms with E-state index in [1.54, 1.807) is 11.3 Å². The van der Waals surface area contributed by atoms with E-state index in [1.165, 1.54) is 10.4 Å². The van der Waals surface area contributed by atoms with Gasteiger partial charge in [0.25, 0.3) is 5.91 Å². The number of carbonyl (C=O) groups excluding carboxylic acids is 1. The minimum atomic E-state index is 0. The van der Waals surface area contributed by atoms with E-state index in [1.807, 2.05) is 11.0 Å². The zero-order chi connectivity index (χ0) is 12.4. The summed E-state index contributed by atoms with van der Waals surface area (Å²) < 4.78 is 0. The van der Waals surface area contributed by atoms with Crippen LogP contribution in [-0.4, -0.2) is 29.9 Å². The lowest BCUT2D eigenvalue weighted by molar-refractivity contribution is 0.0719. The second kappa shape index (κ2) is 6.55. The second-order valence-corrected chi connectivity index (χ2v) is 5.84. The van der Waals surface area contributed by atoms with Gasteiger partial charge in [0.2, 0.25) is 0 Å². The monoisotopic (exact) mass is 288 g/mol. The number of nitrogens with two attached hydrogens (primary N) is 1. The van der Waals surface area contributed by atoms with Crippen LogP contribution in [0.25, 0.3) is 0 Å². The van der Waals surface area contributed by atoms with Crippen molar-refractivity contribution >= 4 is 29.7 Å². The van der Waals surface area contributed by atoms with Gasteiger partial charge in [-0.25, -0.2) is 0 Å². The molecule has 1 aliphatic heterocycles. The summed E-state index contributed by atoms with van der Waals surface area (Å²) in [7, 11) is 0. The first-order valence-electron chi connectivity index (χ1n) is 6.26. The fraction of sp³-hybridized carbons (Fsp3) is 0.615. The topological polar surface area (TPSA) is 46.3 Å². The summed E-state index contributed by atoms with van der Waals surface area (Å²) in [5.74, 6) is 0.185. The van der Waals surface area contributed by atoms with Crippen LogP contribution in [0, 0.1) is 6.92 Å². The maximum Gasteiger partial charge on any atom is 0.263 e. The first-order valence-corrected chi connectivity index (χ1v) is 7.07. The molecule has 0 radical (unpaired) electrons. The fourth-order valence-electron chi connectivity index (χ4n) is 2.23. The molecule has 102 valence electrons. The number of aryl methyl sites for hydroxylation is 2. The Morgan fingerprint density at radius 3 is 2.61 bits per heavy atom. The third-order valence-electron chi connectivity index (χ3n) is 3.38. The van der Waals surface area contributed by atoms with Crippen molar-refractivity contribution in [3.05, 3.63) is 21.4 Å². The van der Waals surface area contributed by atoms with Crippen LogP contribution in [-0.2, 0) is 6.42 Å². The van der Waals surface area contributed by atoms with Gasteiger partial charge in [0.05, 0.1) is 4.88 Å². The van der Waals surface area contributed by atoms with Gasteiger partial charge in [-0.2, -0.15) is 0 Å². The molecule has 2 rings (SSSR count). The predicted octanol–water partition coefficient (Wildman–Crippen LogP) is 2.60. The van der Waals surface area contributed by atoms with Crippen molar-refractivity contribution in [1.82, 2.24) is 4.90 Å². The molecule has 0 bridgehead atoms. The molecule has 1 saturated heterocycles. The Labute approximate surface area is 119 Å². The molecule has 0 aliphatic carbocycles. The molecule has 3 nitrogen and oxygen atoms in total. The summed E-state index contributed by atoms with van der Waals surface area (Å²) in [5, 5.41) is 0. The zero-order valence-electron chi connectivity index (χ0n) is 10.9. The summed E-state index contributed by atoms with van der Waals surface area (Å²) in [6.45, 7) is 5.82. The molecule has 2 heterocycles. The Morgan fingerprint density at radius 2 is 2.11 bits per heavy atom. The number of thiophene rings is 1. The summed E-state index contributed by atoms with van der Waals surface area (Å²) in [6, 6.07) is 2.30. The average Bonchev–Trinajstić information content (AvgIpc) is 2.70. The molecule has 5 heteroatoms. The number of nitrogens with zero attached hydrogens (tertiary/aromatic N) is 1. The molecule has 1 aliphatic rings. The van der Waals surface area contributed by atoms with Crippen LogP contribution in [0.3, 0.4) is 0 Å². The Bertz CT molecular complexity index is 411. The molecule has 0 aromatic carbocycles. The number of halogens is 1. The molecule has 0 saturated carbocycles. The van der Waals surface area contributed by atoms with E-state index in [-0.39, 0.29) is 24.4 Å². The summed E-state index contributed by atoms with van der Waals surface area (Å²) in [5.41, 5.74) is 7.10. The molecule has 1 fully saturated rings. The number of likely N-dealkylation sites (tertiary alicyclic amines) is 1. The quantitative estimate of drug-likeness (QED) is 0.909. The highest BCUT2D eigenvalue weighted by Gasteiger charge is 2.23. The highest BCUT2D eigenvalue weighted by molar-refractivity contribution is 7.14. The number of rotatable bonds is 2. The van der Waals surface area contributed by atoms with E-state index >= 15 is 0 Å². The van der Waals surface area contributed by atoms with Gasteiger partial charge in [-0.05, 0) is 37.8 Å². The Hall–Kier alpha value is -0.580. The molecular formula is C13H21ClN2OS. The van der Waals surface area contributed by atoms with Gasteiger partial charge in [0.1, 0.15) is 0 Å². The van der Waals surface area contributed by atoms with Crippen LogP contribution in [0.5, 0.6) is 0 Å². The zero-order valence-corrected chi connectivity index (χ0v) is 12.6. The highest BCUT2D eigenvalue weighted by atomic mass is 35.5. The van der Waals surface area contributed by atoms with Crippen LogP contribution in [0.1, 0.15) is 39.9 Å². The SMILES string of the molecule is CCc1sc(C(=O)N2CCC(N)CC2)cc1C.Cl. The van der Waals surface area contributed by atoms with Crippen molar-refractivity contribution in [2.75, 3.05) is 13.1 Å². The number of piperidine rings is 1. The number of carbonyl (C=O) groups is 1. The second-order valence-electron chi connectivity index (χ2n) is 4.70. The molecule has 2 N–H and O–H groups in total. The molecule has 1 aromatic heterocycles. The lowest BCUT2D eigenvalue weighted by atomic mass is 10.1. The predicted molar refractivity (Wildman–Crippen MR) is 78.8 cm³/mol. The van der Waals surface area contributed by atoms with E-state index < -0.39 is 0 Å². The van der Waals surface area contributed by atoms with Gasteiger partial charge in [-0.3, -0.25) is 4.79 Å². The standard InChI is InChI=1S/C13H20N2OS.ClH/c1-3-11-9(2)8-12(17-11)13(16)15-6-4-10(14)5-7-15;/h8,10H,3-7,14H2,1-2H3;1H. The maximum absolute atomic E-state index is 12.3. The molecule has 18 heavy (non-hydrogen) atoms. The van der Waals surface area contributed by atoms with Crippen molar-refractivity contribution in [2.24, 2.45) is 5.73 Å². The molecule has 0 spiro atoms. The van der Waals surface area contributed by atoms with Gasteiger partial charge >= 0.3 is 0 Å². The first-order chi connectivity index (χ1) is 8.11. The molecule has 0 atom stereocenters. The van der Waals surface area contributed by atoms with Gasteiger partial charge in [0, 0.05) is 24.0 Å². The van der Waals surface area contributed by atoms with E-state index in [0.717, 1.165) is 37.2 Å². The number of hydrogen-bond acceptors (Lipinski definition) is 3. The van der Waals surface area contributed by atoms with E-state index in [9.17, 15) is 4.79 Å². The fourth-order valence-corrected chi connectivity index (χ4v) is 3.32. The van der Waals surface area contributed by atoms with Crippen molar-refractivity contribution < 1.29 is 4.79 Å². The number of amides is 1. The third-order valence-corrected chi connectivity index (χ3v) is 4.75. The smallest absolute Gasteiger partial charge is 0.263 e. The molecular weight excluding hydrogens is 268 g/mol. The lowest BCUT2D eigenvalue weighted by Crippen LogP contribution is -2.42. The van der Waals surface area contributed by atoms with Crippen molar-refractivity contribution in [1.29, 1.82) is 0 Å². The summed E-state index contributed by atoms with van der Waals surface area (Å²) in [4.78, 5) is 16.4. The van der Waals surface area contributed by atoms with Gasteiger partial charge in [0.15, 0.2) is 0 Å². The molecule has 1 amide bonds. The molecule has 0 unspecified atom stereocenters. The average molecular weight is 289 g/mol.